The van der Waals surface area contributed by atoms with Gasteiger partial charge in [0.05, 0.1) is 15.5 Å². The molecule has 0 radical (unpaired) electrons. The molecule has 10 heteroatoms. The van der Waals surface area contributed by atoms with Crippen LogP contribution in [-0.4, -0.2) is 23.4 Å². The summed E-state index contributed by atoms with van der Waals surface area (Å²) in [6, 6.07) is 3.70. The van der Waals surface area contributed by atoms with Gasteiger partial charge in [0.2, 0.25) is 0 Å². The first kappa shape index (κ1) is 19.3. The van der Waals surface area contributed by atoms with Crippen LogP contribution in [0.3, 0.4) is 0 Å². The molecule has 2 rings (SSSR count). The highest BCUT2D eigenvalue weighted by Crippen LogP contribution is 2.32. The third-order valence-electron chi connectivity index (χ3n) is 4.06. The fraction of sp³-hybridized carbons (Fsp3) is 0.400. The lowest BCUT2D eigenvalue weighted by molar-refractivity contribution is -0.385. The van der Waals surface area contributed by atoms with Gasteiger partial charge in [-0.3, -0.25) is 14.8 Å². The number of anilines is 1. The van der Waals surface area contributed by atoms with Gasteiger partial charge in [-0.25, -0.2) is 13.4 Å². The van der Waals surface area contributed by atoms with Crippen LogP contribution in [0.2, 0.25) is 0 Å². The lowest BCUT2D eigenvalue weighted by Gasteiger charge is -2.22. The minimum Gasteiger partial charge on any atom is -0.384 e. The van der Waals surface area contributed by atoms with Gasteiger partial charge in [-0.05, 0) is 25.8 Å². The van der Waals surface area contributed by atoms with Crippen LogP contribution in [0.5, 0.6) is 0 Å². The van der Waals surface area contributed by atoms with E-state index in [0.29, 0.717) is 24.1 Å². The van der Waals surface area contributed by atoms with Gasteiger partial charge in [0.15, 0.2) is 5.13 Å². The number of nitrogens with one attached hydrogen (secondary N) is 1. The van der Waals surface area contributed by atoms with E-state index >= 15 is 0 Å². The molecule has 0 aliphatic heterocycles. The monoisotopic (exact) mass is 385 g/mol. The van der Waals surface area contributed by atoms with Crippen molar-refractivity contribution in [2.24, 2.45) is 0 Å². The predicted octanol–water partition coefficient (Wildman–Crippen LogP) is 3.17. The smallest absolute Gasteiger partial charge is 0.273 e. The highest BCUT2D eigenvalue weighted by atomic mass is 32.2. The van der Waals surface area contributed by atoms with Gasteiger partial charge in [0.1, 0.15) is 5.60 Å². The molecule has 0 fully saturated rings. The van der Waals surface area contributed by atoms with E-state index in [4.69, 9.17) is 0 Å². The van der Waals surface area contributed by atoms with Crippen molar-refractivity contribution in [1.82, 2.24) is 4.98 Å². The van der Waals surface area contributed by atoms with E-state index in [1.165, 1.54) is 19.1 Å². The SMILES string of the molecule is CCC(O)(CC)c1csc(NS(=O)(=O)c2ccc(C)c([N+](=O)[O-])c2)n1. The van der Waals surface area contributed by atoms with Crippen LogP contribution in [0.4, 0.5) is 10.8 Å². The Labute approximate surface area is 149 Å². The zero-order chi connectivity index (χ0) is 18.8. The van der Waals surface area contributed by atoms with Crippen molar-refractivity contribution < 1.29 is 18.4 Å². The molecule has 2 N–H and O–H groups in total. The third-order valence-corrected chi connectivity index (χ3v) is 6.28. The molecule has 0 spiro atoms. The first-order valence-corrected chi connectivity index (χ1v) is 9.95. The predicted molar refractivity (Wildman–Crippen MR) is 95.2 cm³/mol. The molecule has 1 heterocycles. The van der Waals surface area contributed by atoms with Crippen LogP contribution < -0.4 is 4.72 Å². The first-order chi connectivity index (χ1) is 11.6. The summed E-state index contributed by atoms with van der Waals surface area (Å²) in [5.41, 5.74) is -0.608. The summed E-state index contributed by atoms with van der Waals surface area (Å²) in [5.74, 6) is 0. The number of aryl methyl sites for hydroxylation is 1. The molecule has 1 aromatic carbocycles. The fourth-order valence-corrected chi connectivity index (χ4v) is 4.35. The van der Waals surface area contributed by atoms with Gasteiger partial charge in [0.25, 0.3) is 15.7 Å². The fourth-order valence-electron chi connectivity index (χ4n) is 2.27. The van der Waals surface area contributed by atoms with Gasteiger partial charge >= 0.3 is 0 Å². The molecule has 0 aliphatic carbocycles. The molecule has 1 aromatic heterocycles. The molecule has 0 atom stereocenters. The topological polar surface area (TPSA) is 122 Å². The van der Waals surface area contributed by atoms with Gasteiger partial charge in [-0.15, -0.1) is 11.3 Å². The van der Waals surface area contributed by atoms with Crippen molar-refractivity contribution in [1.29, 1.82) is 0 Å². The molecule has 25 heavy (non-hydrogen) atoms. The maximum atomic E-state index is 12.5. The number of hydrogen-bond acceptors (Lipinski definition) is 7. The van der Waals surface area contributed by atoms with Crippen LogP contribution in [0.25, 0.3) is 0 Å². The van der Waals surface area contributed by atoms with Crippen LogP contribution >= 0.6 is 11.3 Å². The van der Waals surface area contributed by atoms with Crippen molar-refractivity contribution in [3.05, 3.63) is 45.0 Å². The Morgan fingerprint density at radius 2 is 2.00 bits per heavy atom. The average molecular weight is 385 g/mol. The van der Waals surface area contributed by atoms with E-state index in [2.05, 4.69) is 9.71 Å². The Balaban J connectivity index is 2.33. The number of hydrogen-bond donors (Lipinski definition) is 2. The van der Waals surface area contributed by atoms with E-state index in [1.807, 2.05) is 13.8 Å². The van der Waals surface area contributed by atoms with E-state index in [9.17, 15) is 23.6 Å². The van der Waals surface area contributed by atoms with Gasteiger partial charge < -0.3 is 5.11 Å². The summed E-state index contributed by atoms with van der Waals surface area (Å²) in [5, 5.41) is 23.1. The van der Waals surface area contributed by atoms with Gasteiger partial charge in [-0.2, -0.15) is 0 Å². The number of aromatic nitrogens is 1. The molecule has 0 amide bonds. The summed E-state index contributed by atoms with van der Waals surface area (Å²) >= 11 is 1.05. The zero-order valence-corrected chi connectivity index (χ0v) is 15.6. The number of rotatable bonds is 7. The highest BCUT2D eigenvalue weighted by Gasteiger charge is 2.29. The molecule has 0 bridgehead atoms. The Kier molecular flexibility index (Phi) is 5.45. The second-order valence-corrected chi connectivity index (χ2v) is 8.13. The number of nitro groups is 1. The minimum absolute atomic E-state index is 0.0959. The van der Waals surface area contributed by atoms with E-state index in [1.54, 1.807) is 5.38 Å². The molecule has 0 aliphatic rings. The van der Waals surface area contributed by atoms with E-state index < -0.39 is 20.5 Å². The normalized spacial score (nSPS) is 12.2. The quantitative estimate of drug-likeness (QED) is 0.557. The van der Waals surface area contributed by atoms with Crippen molar-refractivity contribution in [2.75, 3.05) is 4.72 Å². The number of aliphatic hydroxyl groups is 1. The van der Waals surface area contributed by atoms with Crippen molar-refractivity contribution in [3.63, 3.8) is 0 Å². The molecule has 0 unspecified atom stereocenters. The summed E-state index contributed by atoms with van der Waals surface area (Å²) in [6.07, 6.45) is 0.896. The summed E-state index contributed by atoms with van der Waals surface area (Å²) < 4.78 is 27.2. The van der Waals surface area contributed by atoms with Crippen LogP contribution in [0.1, 0.15) is 37.9 Å². The number of thiazole rings is 1. The van der Waals surface area contributed by atoms with Gasteiger partial charge in [0, 0.05) is 17.0 Å². The Hall–Kier alpha value is -2.04. The number of sulfonamides is 1. The lowest BCUT2D eigenvalue weighted by Crippen LogP contribution is -2.24. The maximum absolute atomic E-state index is 12.5. The standard InChI is InChI=1S/C15H19N3O5S2/c1-4-15(19,5-2)13-9-24-14(16-13)17-25(22,23)11-7-6-10(3)12(8-11)18(20)21/h6-9,19H,4-5H2,1-3H3,(H,16,17). The van der Waals surface area contributed by atoms with Crippen LogP contribution in [0.15, 0.2) is 28.5 Å². The minimum atomic E-state index is -4.02. The Morgan fingerprint density at radius 1 is 1.36 bits per heavy atom. The van der Waals surface area contributed by atoms with Crippen molar-refractivity contribution >= 4 is 32.2 Å². The zero-order valence-electron chi connectivity index (χ0n) is 14.0. The van der Waals surface area contributed by atoms with Crippen molar-refractivity contribution in [2.45, 2.75) is 44.1 Å². The maximum Gasteiger partial charge on any atom is 0.273 e. The average Bonchev–Trinajstić information content (AvgIpc) is 3.02. The molecule has 0 saturated carbocycles. The molecule has 136 valence electrons. The van der Waals surface area contributed by atoms with Crippen LogP contribution in [0, 0.1) is 17.0 Å². The number of nitro benzene ring substituents is 1. The second kappa shape index (κ2) is 7.06. The lowest BCUT2D eigenvalue weighted by atomic mass is 9.94. The molecule has 2 aromatic rings. The Morgan fingerprint density at radius 3 is 2.56 bits per heavy atom. The summed E-state index contributed by atoms with van der Waals surface area (Å²) in [4.78, 5) is 14.3. The van der Waals surface area contributed by atoms with Gasteiger partial charge in [-0.1, -0.05) is 19.9 Å². The third kappa shape index (κ3) is 3.97. The highest BCUT2D eigenvalue weighted by molar-refractivity contribution is 7.93. The largest absolute Gasteiger partial charge is 0.384 e. The second-order valence-electron chi connectivity index (χ2n) is 5.59. The van der Waals surface area contributed by atoms with Crippen LogP contribution in [-0.2, 0) is 15.6 Å². The number of nitrogens with zero attached hydrogens (tertiary/aromatic N) is 2. The number of benzene rings is 1. The molecular weight excluding hydrogens is 366 g/mol. The summed E-state index contributed by atoms with van der Waals surface area (Å²) in [7, 11) is -4.02. The first-order valence-electron chi connectivity index (χ1n) is 7.59. The van der Waals surface area contributed by atoms with Crippen molar-refractivity contribution in [3.8, 4) is 0 Å². The molecule has 0 saturated heterocycles. The Bertz CT molecular complexity index is 888. The molecular formula is C15H19N3O5S2. The van der Waals surface area contributed by atoms with E-state index in [-0.39, 0.29) is 15.7 Å². The summed E-state index contributed by atoms with van der Waals surface area (Å²) in [6.45, 7) is 5.17. The van der Waals surface area contributed by atoms with E-state index in [0.717, 1.165) is 17.4 Å². The molecule has 8 nitrogen and oxygen atoms in total.